The van der Waals surface area contributed by atoms with E-state index in [4.69, 9.17) is 0 Å². The molecule has 156 valence electrons. The third-order valence-corrected chi connectivity index (χ3v) is 6.23. The second-order valence-electron chi connectivity index (χ2n) is 8.27. The van der Waals surface area contributed by atoms with Crippen LogP contribution in [0.2, 0.25) is 0 Å². The summed E-state index contributed by atoms with van der Waals surface area (Å²) in [6.45, 7) is 0. The average molecular weight is 420 g/mol. The summed E-state index contributed by atoms with van der Waals surface area (Å²) < 4.78 is 0. The van der Waals surface area contributed by atoms with Crippen molar-refractivity contribution in [3.05, 3.63) is 89.5 Å². The van der Waals surface area contributed by atoms with Crippen LogP contribution in [-0.4, -0.2) is 23.0 Å². The minimum absolute atomic E-state index is 0.0225. The zero-order valence-electron chi connectivity index (χ0n) is 17.1. The summed E-state index contributed by atoms with van der Waals surface area (Å²) in [5, 5.41) is 7.91. The van der Waals surface area contributed by atoms with Gasteiger partial charge in [0.05, 0.1) is 17.5 Å². The van der Waals surface area contributed by atoms with Crippen molar-refractivity contribution >= 4 is 34.6 Å². The SMILES string of the molecule is O=C1NN=Cc2c(-c3ccccc3)[nH]c3cc(NC(=O)C4CC4c4ccccc4)cc1c23. The van der Waals surface area contributed by atoms with Gasteiger partial charge in [-0.25, -0.2) is 5.43 Å². The van der Waals surface area contributed by atoms with Gasteiger partial charge in [0.25, 0.3) is 5.91 Å². The Hall–Kier alpha value is -4.19. The highest BCUT2D eigenvalue weighted by molar-refractivity contribution is 6.18. The van der Waals surface area contributed by atoms with Crippen molar-refractivity contribution in [2.75, 3.05) is 5.32 Å². The van der Waals surface area contributed by atoms with Gasteiger partial charge in [0, 0.05) is 28.1 Å². The van der Waals surface area contributed by atoms with Crippen molar-refractivity contribution in [2.24, 2.45) is 11.0 Å². The van der Waals surface area contributed by atoms with Gasteiger partial charge < -0.3 is 10.3 Å². The molecule has 1 saturated carbocycles. The van der Waals surface area contributed by atoms with Crippen LogP contribution >= 0.6 is 0 Å². The van der Waals surface area contributed by atoms with Crippen LogP contribution in [0.5, 0.6) is 0 Å². The highest BCUT2D eigenvalue weighted by Gasteiger charge is 2.43. The van der Waals surface area contributed by atoms with E-state index < -0.39 is 0 Å². The molecule has 1 aromatic heterocycles. The molecule has 4 aromatic rings. The number of hydrogen-bond acceptors (Lipinski definition) is 3. The Morgan fingerprint density at radius 1 is 1.00 bits per heavy atom. The van der Waals surface area contributed by atoms with Gasteiger partial charge in [-0.15, -0.1) is 0 Å². The second-order valence-corrected chi connectivity index (χ2v) is 8.27. The van der Waals surface area contributed by atoms with E-state index in [1.165, 1.54) is 5.56 Å². The lowest BCUT2D eigenvalue weighted by molar-refractivity contribution is -0.117. The molecule has 0 spiro atoms. The van der Waals surface area contributed by atoms with Crippen LogP contribution < -0.4 is 10.7 Å². The monoisotopic (exact) mass is 420 g/mol. The lowest BCUT2D eigenvalue weighted by atomic mass is 10.0. The van der Waals surface area contributed by atoms with Crippen molar-refractivity contribution in [3.8, 4) is 11.3 Å². The fourth-order valence-corrected chi connectivity index (χ4v) is 4.57. The molecule has 0 saturated heterocycles. The number of carbonyl (C=O) groups is 2. The minimum Gasteiger partial charge on any atom is -0.354 e. The van der Waals surface area contributed by atoms with Crippen molar-refractivity contribution in [3.63, 3.8) is 0 Å². The first kappa shape index (κ1) is 18.6. The van der Waals surface area contributed by atoms with Gasteiger partial charge in [-0.2, -0.15) is 5.10 Å². The normalized spacial score (nSPS) is 18.8. The lowest BCUT2D eigenvalue weighted by Crippen LogP contribution is -2.18. The summed E-state index contributed by atoms with van der Waals surface area (Å²) in [6, 6.07) is 23.6. The van der Waals surface area contributed by atoms with Crippen molar-refractivity contribution in [2.45, 2.75) is 12.3 Å². The molecule has 6 rings (SSSR count). The van der Waals surface area contributed by atoms with Crippen LogP contribution in [0.1, 0.15) is 33.8 Å². The Balaban J connectivity index is 1.36. The van der Waals surface area contributed by atoms with E-state index in [2.05, 4.69) is 33.0 Å². The Kier molecular flexibility index (Phi) is 4.18. The average Bonchev–Trinajstić information content (AvgIpc) is 3.57. The molecular formula is C26H20N4O2. The van der Waals surface area contributed by atoms with E-state index in [1.807, 2.05) is 54.6 Å². The van der Waals surface area contributed by atoms with Gasteiger partial charge >= 0.3 is 0 Å². The Morgan fingerprint density at radius 3 is 2.53 bits per heavy atom. The number of nitrogens with zero attached hydrogens (tertiary/aromatic N) is 1. The van der Waals surface area contributed by atoms with Crippen molar-refractivity contribution < 1.29 is 9.59 Å². The third kappa shape index (κ3) is 3.08. The third-order valence-electron chi connectivity index (χ3n) is 6.23. The number of H-pyrrole nitrogens is 1. The first-order valence-electron chi connectivity index (χ1n) is 10.6. The number of aromatic nitrogens is 1. The predicted molar refractivity (Wildman–Crippen MR) is 125 cm³/mol. The molecule has 1 fully saturated rings. The number of amides is 2. The Labute approximate surface area is 184 Å². The van der Waals surface area contributed by atoms with Gasteiger partial charge in [0.1, 0.15) is 0 Å². The minimum atomic E-state index is -0.298. The maximum Gasteiger partial charge on any atom is 0.272 e. The quantitative estimate of drug-likeness (QED) is 0.449. The molecule has 2 aliphatic rings. The van der Waals surface area contributed by atoms with Crippen LogP contribution in [0.3, 0.4) is 0 Å². The molecule has 1 aliphatic carbocycles. The molecule has 2 unspecified atom stereocenters. The van der Waals surface area contributed by atoms with E-state index in [9.17, 15) is 9.59 Å². The molecule has 0 bridgehead atoms. The number of rotatable bonds is 4. The zero-order chi connectivity index (χ0) is 21.7. The first-order valence-corrected chi connectivity index (χ1v) is 10.6. The van der Waals surface area contributed by atoms with E-state index in [1.54, 1.807) is 12.3 Å². The number of aromatic amines is 1. The molecule has 2 atom stereocenters. The molecule has 6 nitrogen and oxygen atoms in total. The van der Waals surface area contributed by atoms with Gasteiger partial charge in [0.15, 0.2) is 0 Å². The molecule has 32 heavy (non-hydrogen) atoms. The topological polar surface area (TPSA) is 86.3 Å². The fraction of sp³-hybridized carbons (Fsp3) is 0.115. The molecule has 1 aliphatic heterocycles. The summed E-state index contributed by atoms with van der Waals surface area (Å²) in [6.07, 6.45) is 2.51. The molecule has 3 aromatic carbocycles. The van der Waals surface area contributed by atoms with Crippen LogP contribution in [0.4, 0.5) is 5.69 Å². The first-order chi connectivity index (χ1) is 15.7. The summed E-state index contributed by atoms with van der Waals surface area (Å²) in [5.41, 5.74) is 8.35. The van der Waals surface area contributed by atoms with Gasteiger partial charge in [-0.1, -0.05) is 60.7 Å². The Morgan fingerprint density at radius 2 is 1.75 bits per heavy atom. The number of nitrogens with one attached hydrogen (secondary N) is 3. The van der Waals surface area contributed by atoms with E-state index in [-0.39, 0.29) is 23.7 Å². The number of hydrogen-bond donors (Lipinski definition) is 3. The maximum atomic E-state index is 12.9. The molecule has 6 heteroatoms. The van der Waals surface area contributed by atoms with Gasteiger partial charge in [0.2, 0.25) is 5.91 Å². The summed E-state index contributed by atoms with van der Waals surface area (Å²) >= 11 is 0. The van der Waals surface area contributed by atoms with Crippen LogP contribution in [0.15, 0.2) is 77.9 Å². The Bertz CT molecular complexity index is 1390. The lowest BCUT2D eigenvalue weighted by Gasteiger charge is -2.08. The zero-order valence-corrected chi connectivity index (χ0v) is 17.1. The van der Waals surface area contributed by atoms with Crippen molar-refractivity contribution in [1.29, 1.82) is 0 Å². The highest BCUT2D eigenvalue weighted by atomic mass is 16.2. The number of hydrazone groups is 1. The number of anilines is 1. The predicted octanol–water partition coefficient (Wildman–Crippen LogP) is 4.65. The maximum absolute atomic E-state index is 12.9. The highest BCUT2D eigenvalue weighted by Crippen LogP contribution is 2.48. The standard InChI is InChI=1S/C26H20N4O2/c31-25(19-13-18(19)15-7-3-1-4-8-15)28-17-11-20-23-21(14-27-30-26(20)32)24(29-22(23)12-17)16-9-5-2-6-10-16/h1-12,14,18-19,29H,13H2,(H,28,31)(H,30,32). The summed E-state index contributed by atoms with van der Waals surface area (Å²) in [7, 11) is 0. The fourth-order valence-electron chi connectivity index (χ4n) is 4.57. The summed E-state index contributed by atoms with van der Waals surface area (Å²) in [5.74, 6) is -0.123. The van der Waals surface area contributed by atoms with Crippen LogP contribution in [-0.2, 0) is 4.79 Å². The van der Waals surface area contributed by atoms with E-state index >= 15 is 0 Å². The second kappa shape index (κ2) is 7.20. The number of carbonyl (C=O) groups excluding carboxylic acids is 2. The van der Waals surface area contributed by atoms with E-state index in [0.29, 0.717) is 11.3 Å². The molecule has 3 N–H and O–H groups in total. The van der Waals surface area contributed by atoms with Crippen LogP contribution in [0.25, 0.3) is 22.2 Å². The number of benzene rings is 3. The van der Waals surface area contributed by atoms with Crippen molar-refractivity contribution in [1.82, 2.24) is 10.4 Å². The van der Waals surface area contributed by atoms with Gasteiger partial charge in [-0.05, 0) is 35.6 Å². The smallest absolute Gasteiger partial charge is 0.272 e. The molecule has 2 heterocycles. The largest absolute Gasteiger partial charge is 0.354 e. The van der Waals surface area contributed by atoms with Gasteiger partial charge in [-0.3, -0.25) is 9.59 Å². The summed E-state index contributed by atoms with van der Waals surface area (Å²) in [4.78, 5) is 29.0. The molecule has 0 radical (unpaired) electrons. The molecular weight excluding hydrogens is 400 g/mol. The van der Waals surface area contributed by atoms with E-state index in [0.717, 1.165) is 34.1 Å². The van der Waals surface area contributed by atoms with Crippen LogP contribution in [0, 0.1) is 5.92 Å². The molecule has 2 amide bonds.